The van der Waals surface area contributed by atoms with Gasteiger partial charge in [-0.3, -0.25) is 9.47 Å². The van der Waals surface area contributed by atoms with Crippen molar-refractivity contribution < 1.29 is 9.84 Å². The van der Waals surface area contributed by atoms with Gasteiger partial charge >= 0.3 is 0 Å². The molecule has 8 heteroatoms. The summed E-state index contributed by atoms with van der Waals surface area (Å²) in [6.45, 7) is 6.27. The number of morpholine rings is 1. The molecule has 28 heavy (non-hydrogen) atoms. The molecule has 8 nitrogen and oxygen atoms in total. The van der Waals surface area contributed by atoms with Gasteiger partial charge in [-0.05, 0) is 19.4 Å². The Labute approximate surface area is 164 Å². The van der Waals surface area contributed by atoms with Crippen LogP contribution in [0.2, 0.25) is 0 Å². The van der Waals surface area contributed by atoms with Crippen LogP contribution in [0.1, 0.15) is 25.6 Å². The highest BCUT2D eigenvalue weighted by Gasteiger charge is 2.30. The molecule has 2 atom stereocenters. The molecule has 1 aliphatic rings. The van der Waals surface area contributed by atoms with Crippen LogP contribution in [0.4, 0.5) is 5.82 Å². The third-order valence-corrected chi connectivity index (χ3v) is 4.77. The number of anilines is 1. The third kappa shape index (κ3) is 3.99. The largest absolute Gasteiger partial charge is 0.394 e. The van der Waals surface area contributed by atoms with Crippen LogP contribution in [0.3, 0.4) is 0 Å². The number of benzene rings is 1. The maximum atomic E-state index is 9.73. The SMILES string of the molecule is CC(C)Nc1ncnc2c1ncn2[C@H]1CN(Cc2ccccc2)C[C@@H](CO)O1. The number of rotatable bonds is 6. The number of aliphatic hydroxyl groups excluding tert-OH is 1. The number of hydrogen-bond acceptors (Lipinski definition) is 7. The van der Waals surface area contributed by atoms with E-state index in [0.29, 0.717) is 13.1 Å². The molecule has 1 saturated heterocycles. The fraction of sp³-hybridized carbons (Fsp3) is 0.450. The van der Waals surface area contributed by atoms with E-state index in [1.54, 1.807) is 12.7 Å². The van der Waals surface area contributed by atoms with Crippen molar-refractivity contribution in [3.8, 4) is 0 Å². The number of nitrogens with zero attached hydrogens (tertiary/aromatic N) is 5. The number of ether oxygens (including phenoxy) is 1. The number of nitrogens with one attached hydrogen (secondary N) is 1. The van der Waals surface area contributed by atoms with E-state index in [2.05, 4.69) is 51.1 Å². The summed E-state index contributed by atoms with van der Waals surface area (Å²) in [5.74, 6) is 0.717. The molecule has 0 radical (unpaired) electrons. The monoisotopic (exact) mass is 382 g/mol. The van der Waals surface area contributed by atoms with Crippen molar-refractivity contribution in [1.29, 1.82) is 0 Å². The molecule has 0 aliphatic carbocycles. The second-order valence-corrected chi connectivity index (χ2v) is 7.42. The quantitative estimate of drug-likeness (QED) is 0.674. The molecule has 3 heterocycles. The average Bonchev–Trinajstić information content (AvgIpc) is 3.13. The van der Waals surface area contributed by atoms with Gasteiger partial charge in [0.25, 0.3) is 0 Å². The highest BCUT2D eigenvalue weighted by molar-refractivity contribution is 5.82. The zero-order valence-electron chi connectivity index (χ0n) is 16.2. The Morgan fingerprint density at radius 2 is 2.00 bits per heavy atom. The third-order valence-electron chi connectivity index (χ3n) is 4.77. The lowest BCUT2D eigenvalue weighted by Crippen LogP contribution is -2.46. The van der Waals surface area contributed by atoms with E-state index < -0.39 is 0 Å². The van der Waals surface area contributed by atoms with Crippen molar-refractivity contribution in [2.75, 3.05) is 25.0 Å². The molecule has 0 unspecified atom stereocenters. The van der Waals surface area contributed by atoms with E-state index in [4.69, 9.17) is 4.74 Å². The van der Waals surface area contributed by atoms with Gasteiger partial charge in [0.2, 0.25) is 0 Å². The van der Waals surface area contributed by atoms with Crippen LogP contribution in [0.5, 0.6) is 0 Å². The fourth-order valence-corrected chi connectivity index (χ4v) is 3.56. The Balaban J connectivity index is 1.60. The lowest BCUT2D eigenvalue weighted by atomic mass is 10.2. The molecular weight excluding hydrogens is 356 g/mol. The van der Waals surface area contributed by atoms with Gasteiger partial charge in [0.15, 0.2) is 17.0 Å². The van der Waals surface area contributed by atoms with Gasteiger partial charge in [-0.25, -0.2) is 15.0 Å². The topological polar surface area (TPSA) is 88.3 Å². The summed E-state index contributed by atoms with van der Waals surface area (Å²) < 4.78 is 8.06. The van der Waals surface area contributed by atoms with E-state index in [9.17, 15) is 5.11 Å². The molecule has 148 valence electrons. The molecule has 1 fully saturated rings. The number of aliphatic hydroxyl groups is 1. The molecule has 0 bridgehead atoms. The van der Waals surface area contributed by atoms with E-state index in [-0.39, 0.29) is 25.0 Å². The predicted octanol–water partition coefficient (Wildman–Crippen LogP) is 2.04. The summed E-state index contributed by atoms with van der Waals surface area (Å²) in [6, 6.07) is 10.6. The molecule has 1 aliphatic heterocycles. The predicted molar refractivity (Wildman–Crippen MR) is 107 cm³/mol. The molecule has 3 aromatic rings. The number of aromatic nitrogens is 4. The molecule has 0 saturated carbocycles. The van der Waals surface area contributed by atoms with Gasteiger partial charge in [0, 0.05) is 25.7 Å². The number of imidazole rings is 1. The van der Waals surface area contributed by atoms with E-state index in [0.717, 1.165) is 23.5 Å². The van der Waals surface area contributed by atoms with Crippen molar-refractivity contribution in [3.63, 3.8) is 0 Å². The zero-order valence-corrected chi connectivity index (χ0v) is 16.2. The van der Waals surface area contributed by atoms with Crippen molar-refractivity contribution in [2.24, 2.45) is 0 Å². The normalized spacial score (nSPS) is 20.7. The highest BCUT2D eigenvalue weighted by atomic mass is 16.5. The molecule has 0 spiro atoms. The maximum Gasteiger partial charge on any atom is 0.167 e. The molecule has 2 aromatic heterocycles. The lowest BCUT2D eigenvalue weighted by molar-refractivity contribution is -0.135. The summed E-state index contributed by atoms with van der Waals surface area (Å²) in [6.07, 6.45) is 2.76. The minimum absolute atomic E-state index is 0.0242. The van der Waals surface area contributed by atoms with Gasteiger partial charge in [-0.15, -0.1) is 0 Å². The smallest absolute Gasteiger partial charge is 0.167 e. The lowest BCUT2D eigenvalue weighted by Gasteiger charge is -2.37. The van der Waals surface area contributed by atoms with Gasteiger partial charge < -0.3 is 15.2 Å². The minimum atomic E-state index is -0.276. The Morgan fingerprint density at radius 3 is 2.75 bits per heavy atom. The Hall–Kier alpha value is -2.55. The molecule has 0 amide bonds. The first-order valence-electron chi connectivity index (χ1n) is 9.60. The average molecular weight is 382 g/mol. The van der Waals surface area contributed by atoms with Crippen LogP contribution in [0.15, 0.2) is 43.0 Å². The summed E-state index contributed by atoms with van der Waals surface area (Å²) in [4.78, 5) is 15.6. The molecule has 2 N–H and O–H groups in total. The van der Waals surface area contributed by atoms with Crippen LogP contribution in [-0.2, 0) is 11.3 Å². The van der Waals surface area contributed by atoms with Gasteiger partial charge in [-0.2, -0.15) is 0 Å². The Bertz CT molecular complexity index is 913. The number of hydrogen-bond donors (Lipinski definition) is 2. The summed E-state index contributed by atoms with van der Waals surface area (Å²) in [5.41, 5.74) is 2.68. The first kappa shape index (κ1) is 18.8. The second kappa shape index (κ2) is 8.22. The maximum absolute atomic E-state index is 9.73. The van der Waals surface area contributed by atoms with Crippen molar-refractivity contribution in [1.82, 2.24) is 24.4 Å². The standard InChI is InChI=1S/C20H26N6O2/c1-14(2)24-19-18-20(22-12-21-19)26(13-23-18)17-10-25(9-16(11-27)28-17)8-15-6-4-3-5-7-15/h3-7,12-14,16-17,27H,8-11H2,1-2H3,(H,21,22,24)/t16-,17+/m0/s1. The van der Waals surface area contributed by atoms with E-state index in [1.807, 2.05) is 22.8 Å². The Kier molecular flexibility index (Phi) is 5.52. The van der Waals surface area contributed by atoms with Gasteiger partial charge in [0.1, 0.15) is 12.6 Å². The molecular formula is C20H26N6O2. The van der Waals surface area contributed by atoms with Crippen molar-refractivity contribution in [3.05, 3.63) is 48.5 Å². The van der Waals surface area contributed by atoms with Crippen LogP contribution < -0.4 is 5.32 Å². The first-order chi connectivity index (χ1) is 13.6. The Morgan fingerprint density at radius 1 is 1.18 bits per heavy atom. The van der Waals surface area contributed by atoms with Crippen LogP contribution in [0.25, 0.3) is 11.2 Å². The van der Waals surface area contributed by atoms with Gasteiger partial charge in [0.05, 0.1) is 19.0 Å². The van der Waals surface area contributed by atoms with E-state index in [1.165, 1.54) is 5.56 Å². The van der Waals surface area contributed by atoms with Crippen LogP contribution in [-0.4, -0.2) is 61.4 Å². The van der Waals surface area contributed by atoms with Gasteiger partial charge in [-0.1, -0.05) is 30.3 Å². The summed E-state index contributed by atoms with van der Waals surface area (Å²) in [7, 11) is 0. The zero-order chi connectivity index (χ0) is 19.5. The molecule has 1 aromatic carbocycles. The summed E-state index contributed by atoms with van der Waals surface area (Å²) in [5, 5.41) is 13.0. The number of fused-ring (bicyclic) bond motifs is 1. The minimum Gasteiger partial charge on any atom is -0.394 e. The van der Waals surface area contributed by atoms with E-state index >= 15 is 0 Å². The fourth-order valence-electron chi connectivity index (χ4n) is 3.56. The first-order valence-corrected chi connectivity index (χ1v) is 9.60. The second-order valence-electron chi connectivity index (χ2n) is 7.42. The van der Waals surface area contributed by atoms with Crippen LogP contribution in [0, 0.1) is 0 Å². The van der Waals surface area contributed by atoms with Crippen molar-refractivity contribution in [2.45, 2.75) is 38.8 Å². The highest BCUT2D eigenvalue weighted by Crippen LogP contribution is 2.26. The van der Waals surface area contributed by atoms with Crippen molar-refractivity contribution >= 4 is 17.0 Å². The molecule has 4 rings (SSSR count). The summed E-state index contributed by atoms with van der Waals surface area (Å²) >= 11 is 0. The van der Waals surface area contributed by atoms with Crippen LogP contribution >= 0.6 is 0 Å².